The molecule has 14 nitrogen and oxygen atoms in total. The number of carbonyl (C=O) groups is 6. The van der Waals surface area contributed by atoms with Crippen LogP contribution in [0.25, 0.3) is 10.9 Å². The van der Waals surface area contributed by atoms with Gasteiger partial charge in [-0.25, -0.2) is 4.79 Å². The Kier molecular flexibility index (Phi) is 9.28. The predicted octanol–water partition coefficient (Wildman–Crippen LogP) is -2.44. The molecule has 1 heterocycles. The van der Waals surface area contributed by atoms with Gasteiger partial charge in [-0.3, -0.25) is 24.0 Å². The third-order valence-corrected chi connectivity index (χ3v) is 4.93. The van der Waals surface area contributed by atoms with E-state index in [1.54, 1.807) is 6.20 Å². The molecular formula is C21H26N6O8. The number of amides is 4. The lowest BCUT2D eigenvalue weighted by molar-refractivity contribution is -0.144. The van der Waals surface area contributed by atoms with E-state index in [-0.39, 0.29) is 6.42 Å². The SMILES string of the molecule is NC(=O)CC(NC(=O)C(CC(=O)O)NC(=O)CNC(=O)C(N)Cc1c[nH]c2ccccc12)C(=O)O. The molecule has 4 amide bonds. The van der Waals surface area contributed by atoms with E-state index in [4.69, 9.17) is 21.7 Å². The molecular weight excluding hydrogens is 464 g/mol. The molecule has 3 unspecified atom stereocenters. The minimum atomic E-state index is -1.71. The van der Waals surface area contributed by atoms with E-state index in [1.165, 1.54) is 0 Å². The fraction of sp³-hybridized carbons (Fsp3) is 0.333. The van der Waals surface area contributed by atoms with Crippen LogP contribution >= 0.6 is 0 Å². The number of carboxylic acid groups (broad SMARTS) is 2. The van der Waals surface area contributed by atoms with Crippen molar-refractivity contribution in [2.45, 2.75) is 37.4 Å². The Balaban J connectivity index is 1.93. The maximum Gasteiger partial charge on any atom is 0.326 e. The third-order valence-electron chi connectivity index (χ3n) is 4.93. The second kappa shape index (κ2) is 12.1. The van der Waals surface area contributed by atoms with Crippen LogP contribution in [-0.4, -0.2) is 75.4 Å². The average molecular weight is 490 g/mol. The van der Waals surface area contributed by atoms with Crippen molar-refractivity contribution in [2.24, 2.45) is 11.5 Å². The number of aromatic amines is 1. The highest BCUT2D eigenvalue weighted by Crippen LogP contribution is 2.18. The van der Waals surface area contributed by atoms with Crippen molar-refractivity contribution in [1.29, 1.82) is 0 Å². The molecule has 0 saturated carbocycles. The monoisotopic (exact) mass is 490 g/mol. The van der Waals surface area contributed by atoms with Gasteiger partial charge in [0.2, 0.25) is 23.6 Å². The van der Waals surface area contributed by atoms with Crippen LogP contribution in [0, 0.1) is 0 Å². The first kappa shape index (κ1) is 26.8. The van der Waals surface area contributed by atoms with Crippen LogP contribution in [0.2, 0.25) is 0 Å². The standard InChI is InChI=1S/C21H26N6O8/c22-12(5-10-8-24-13-4-2-1-3-11(10)13)19(32)25-9-17(29)26-14(7-18(30)31)20(33)27-15(21(34)35)6-16(23)28/h1-4,8,12,14-15,24H,5-7,9,22H2,(H2,23,28)(H,25,32)(H,26,29)(H,27,33)(H,30,31)(H,34,35). The van der Waals surface area contributed by atoms with Gasteiger partial charge in [0.1, 0.15) is 12.1 Å². The second-order valence-electron chi connectivity index (χ2n) is 7.68. The first-order valence-corrected chi connectivity index (χ1v) is 10.4. The molecule has 2 rings (SSSR count). The fourth-order valence-corrected chi connectivity index (χ4v) is 3.23. The molecule has 10 N–H and O–H groups in total. The highest BCUT2D eigenvalue weighted by atomic mass is 16.4. The summed E-state index contributed by atoms with van der Waals surface area (Å²) < 4.78 is 0. The number of aliphatic carboxylic acids is 2. The van der Waals surface area contributed by atoms with Crippen molar-refractivity contribution in [3.05, 3.63) is 36.0 Å². The van der Waals surface area contributed by atoms with Crippen molar-refractivity contribution >= 4 is 46.5 Å². The zero-order valence-corrected chi connectivity index (χ0v) is 18.4. The summed E-state index contributed by atoms with van der Waals surface area (Å²) in [6.45, 7) is -0.618. The van der Waals surface area contributed by atoms with E-state index in [9.17, 15) is 28.8 Å². The maximum atomic E-state index is 12.3. The van der Waals surface area contributed by atoms with Crippen molar-refractivity contribution < 1.29 is 39.0 Å². The number of nitrogens with one attached hydrogen (secondary N) is 4. The minimum Gasteiger partial charge on any atom is -0.481 e. The molecule has 0 radical (unpaired) electrons. The zero-order valence-electron chi connectivity index (χ0n) is 18.4. The summed E-state index contributed by atoms with van der Waals surface area (Å²) in [7, 11) is 0. The van der Waals surface area contributed by atoms with Crippen LogP contribution in [0.4, 0.5) is 0 Å². The molecule has 0 saturated heterocycles. The molecule has 0 fully saturated rings. The van der Waals surface area contributed by atoms with E-state index < -0.39 is 73.1 Å². The Bertz CT molecular complexity index is 1130. The highest BCUT2D eigenvalue weighted by molar-refractivity contribution is 5.95. The van der Waals surface area contributed by atoms with Gasteiger partial charge in [0, 0.05) is 17.1 Å². The van der Waals surface area contributed by atoms with Crippen LogP contribution < -0.4 is 27.4 Å². The van der Waals surface area contributed by atoms with Gasteiger partial charge in [-0.05, 0) is 18.1 Å². The Morgan fingerprint density at radius 2 is 1.63 bits per heavy atom. The summed E-state index contributed by atoms with van der Waals surface area (Å²) in [6.07, 6.45) is 0.286. The number of carbonyl (C=O) groups excluding carboxylic acids is 4. The number of hydrogen-bond acceptors (Lipinski definition) is 7. The third kappa shape index (κ3) is 8.12. The largest absolute Gasteiger partial charge is 0.481 e. The summed E-state index contributed by atoms with van der Waals surface area (Å²) in [6, 6.07) is 3.04. The van der Waals surface area contributed by atoms with Crippen molar-refractivity contribution in [3.63, 3.8) is 0 Å². The quantitative estimate of drug-likeness (QED) is 0.148. The Hall–Kier alpha value is -4.46. The topological polar surface area (TPSA) is 247 Å². The summed E-state index contributed by atoms with van der Waals surface area (Å²) in [5.74, 6) is -6.77. The van der Waals surface area contributed by atoms with Gasteiger partial charge in [-0.2, -0.15) is 0 Å². The van der Waals surface area contributed by atoms with E-state index in [0.717, 1.165) is 16.5 Å². The minimum absolute atomic E-state index is 0.179. The molecule has 0 spiro atoms. The lowest BCUT2D eigenvalue weighted by Gasteiger charge is -2.20. The number of para-hydroxylation sites is 1. The normalized spacial score (nSPS) is 13.3. The van der Waals surface area contributed by atoms with Gasteiger partial charge in [0.25, 0.3) is 0 Å². The van der Waals surface area contributed by atoms with Crippen molar-refractivity contribution in [3.8, 4) is 0 Å². The van der Waals surface area contributed by atoms with E-state index in [2.05, 4.69) is 15.6 Å². The fourth-order valence-electron chi connectivity index (χ4n) is 3.23. The molecule has 188 valence electrons. The summed E-state index contributed by atoms with van der Waals surface area (Å²) in [4.78, 5) is 73.2. The van der Waals surface area contributed by atoms with Crippen LogP contribution in [0.5, 0.6) is 0 Å². The van der Waals surface area contributed by atoms with Crippen LogP contribution in [0.1, 0.15) is 18.4 Å². The van der Waals surface area contributed by atoms with Crippen molar-refractivity contribution in [2.75, 3.05) is 6.54 Å². The van der Waals surface area contributed by atoms with Gasteiger partial charge in [0.15, 0.2) is 0 Å². The molecule has 1 aromatic heterocycles. The average Bonchev–Trinajstić information content (AvgIpc) is 3.18. The van der Waals surface area contributed by atoms with Crippen LogP contribution in [-0.2, 0) is 35.2 Å². The Morgan fingerprint density at radius 3 is 2.26 bits per heavy atom. The number of carboxylic acids is 2. The number of aromatic nitrogens is 1. The van der Waals surface area contributed by atoms with Crippen LogP contribution in [0.15, 0.2) is 30.5 Å². The number of H-pyrrole nitrogens is 1. The van der Waals surface area contributed by atoms with E-state index >= 15 is 0 Å². The summed E-state index contributed by atoms with van der Waals surface area (Å²) >= 11 is 0. The molecule has 0 bridgehead atoms. The second-order valence-corrected chi connectivity index (χ2v) is 7.68. The smallest absolute Gasteiger partial charge is 0.326 e. The van der Waals surface area contributed by atoms with Gasteiger partial charge in [-0.1, -0.05) is 18.2 Å². The summed E-state index contributed by atoms with van der Waals surface area (Å²) in [5.41, 5.74) is 12.5. The lowest BCUT2D eigenvalue weighted by Crippen LogP contribution is -2.54. The Morgan fingerprint density at radius 1 is 0.943 bits per heavy atom. The van der Waals surface area contributed by atoms with E-state index in [1.807, 2.05) is 29.6 Å². The van der Waals surface area contributed by atoms with E-state index in [0.29, 0.717) is 0 Å². The zero-order chi connectivity index (χ0) is 26.1. The maximum absolute atomic E-state index is 12.3. The van der Waals surface area contributed by atoms with Crippen molar-refractivity contribution in [1.82, 2.24) is 20.9 Å². The summed E-state index contributed by atoms with van der Waals surface area (Å²) in [5, 5.41) is 25.4. The first-order valence-electron chi connectivity index (χ1n) is 10.4. The molecule has 0 aliphatic carbocycles. The predicted molar refractivity (Wildman–Crippen MR) is 121 cm³/mol. The number of fused-ring (bicyclic) bond motifs is 1. The number of rotatable bonds is 13. The molecule has 0 aliphatic heterocycles. The number of nitrogens with two attached hydrogens (primary N) is 2. The lowest BCUT2D eigenvalue weighted by atomic mass is 10.1. The molecule has 0 aliphatic rings. The molecule has 1 aromatic carbocycles. The molecule has 3 atom stereocenters. The first-order chi connectivity index (χ1) is 16.5. The van der Waals surface area contributed by atoms with Crippen LogP contribution in [0.3, 0.4) is 0 Å². The van der Waals surface area contributed by atoms with Gasteiger partial charge in [-0.15, -0.1) is 0 Å². The van der Waals surface area contributed by atoms with Gasteiger partial charge < -0.3 is 42.6 Å². The molecule has 2 aromatic rings. The number of hydrogen-bond donors (Lipinski definition) is 8. The number of primary amides is 1. The highest BCUT2D eigenvalue weighted by Gasteiger charge is 2.29. The Labute approximate surface area is 198 Å². The molecule has 35 heavy (non-hydrogen) atoms. The van der Waals surface area contributed by atoms with Gasteiger partial charge in [0.05, 0.1) is 25.4 Å². The van der Waals surface area contributed by atoms with Gasteiger partial charge >= 0.3 is 11.9 Å². The number of benzene rings is 1. The molecule has 14 heteroatoms.